The maximum atomic E-state index is 6.08. The van der Waals surface area contributed by atoms with Crippen LogP contribution in [0, 0.1) is 0 Å². The van der Waals surface area contributed by atoms with Gasteiger partial charge in [-0.15, -0.1) is 0 Å². The van der Waals surface area contributed by atoms with Crippen LogP contribution in [0.1, 0.15) is 11.1 Å². The van der Waals surface area contributed by atoms with Crippen LogP contribution in [0.5, 0.6) is 11.5 Å². The standard InChI is InChI=1S/C17H14O5S/c1-18-16-21-12-7-6-11-15(14(12)22-16)23-13-5-3-2-4-10(13)17(11)19-8-9-20-17/h2-7,16H,8-9H2,1H3. The molecule has 6 heteroatoms. The van der Waals surface area contributed by atoms with Crippen molar-refractivity contribution < 1.29 is 23.7 Å². The zero-order chi connectivity index (χ0) is 15.4. The average molecular weight is 330 g/mol. The van der Waals surface area contributed by atoms with Gasteiger partial charge in [0.05, 0.1) is 18.1 Å². The minimum atomic E-state index is -0.860. The van der Waals surface area contributed by atoms with E-state index >= 15 is 0 Å². The van der Waals surface area contributed by atoms with Crippen LogP contribution in [-0.4, -0.2) is 26.8 Å². The van der Waals surface area contributed by atoms with E-state index < -0.39 is 12.3 Å². The lowest BCUT2D eigenvalue weighted by atomic mass is 9.96. The van der Waals surface area contributed by atoms with Gasteiger partial charge in [0.2, 0.25) is 5.79 Å². The van der Waals surface area contributed by atoms with Gasteiger partial charge in [0, 0.05) is 23.1 Å². The highest BCUT2D eigenvalue weighted by molar-refractivity contribution is 7.99. The second-order valence-corrected chi connectivity index (χ2v) is 6.49. The minimum Gasteiger partial charge on any atom is -0.428 e. The SMILES string of the molecule is COC1Oc2ccc3c(c2O1)Sc1ccccc1C31OCCO1. The molecule has 2 aromatic rings. The van der Waals surface area contributed by atoms with Crippen LogP contribution in [0.2, 0.25) is 0 Å². The van der Waals surface area contributed by atoms with Gasteiger partial charge < -0.3 is 23.7 Å². The van der Waals surface area contributed by atoms with Gasteiger partial charge in [-0.05, 0) is 18.2 Å². The van der Waals surface area contributed by atoms with Crippen molar-refractivity contribution in [2.24, 2.45) is 0 Å². The van der Waals surface area contributed by atoms with E-state index in [1.165, 1.54) is 0 Å². The Morgan fingerprint density at radius 2 is 1.87 bits per heavy atom. The van der Waals surface area contributed by atoms with Gasteiger partial charge in [0.25, 0.3) is 0 Å². The molecule has 1 unspecified atom stereocenters. The summed E-state index contributed by atoms with van der Waals surface area (Å²) in [7, 11) is 1.55. The van der Waals surface area contributed by atoms with Gasteiger partial charge in [0.1, 0.15) is 0 Å². The zero-order valence-electron chi connectivity index (χ0n) is 12.4. The van der Waals surface area contributed by atoms with E-state index in [9.17, 15) is 0 Å². The van der Waals surface area contributed by atoms with Crippen LogP contribution in [0.4, 0.5) is 0 Å². The van der Waals surface area contributed by atoms with E-state index in [1.807, 2.05) is 24.3 Å². The van der Waals surface area contributed by atoms with E-state index in [1.54, 1.807) is 18.9 Å². The molecule has 1 spiro atoms. The van der Waals surface area contributed by atoms with Crippen LogP contribution in [0.3, 0.4) is 0 Å². The van der Waals surface area contributed by atoms with Gasteiger partial charge >= 0.3 is 6.48 Å². The third kappa shape index (κ3) is 1.80. The normalized spacial score (nSPS) is 22.9. The number of hydrogen-bond acceptors (Lipinski definition) is 6. The van der Waals surface area contributed by atoms with E-state index in [0.717, 1.165) is 20.9 Å². The van der Waals surface area contributed by atoms with Gasteiger partial charge in [-0.1, -0.05) is 30.0 Å². The Labute approximate surface area is 137 Å². The number of benzene rings is 2. The summed E-state index contributed by atoms with van der Waals surface area (Å²) in [6, 6.07) is 12.0. The summed E-state index contributed by atoms with van der Waals surface area (Å²) in [6.07, 6.45) is 0. The largest absolute Gasteiger partial charge is 0.428 e. The number of ether oxygens (including phenoxy) is 5. The lowest BCUT2D eigenvalue weighted by Crippen LogP contribution is -2.32. The summed E-state index contributed by atoms with van der Waals surface area (Å²) < 4.78 is 28.7. The fourth-order valence-electron chi connectivity index (χ4n) is 3.24. The fraction of sp³-hybridized carbons (Fsp3) is 0.294. The highest BCUT2D eigenvalue weighted by atomic mass is 32.2. The third-order valence-corrected chi connectivity index (χ3v) is 5.39. The maximum absolute atomic E-state index is 6.08. The van der Waals surface area contributed by atoms with Gasteiger partial charge in [-0.2, -0.15) is 0 Å². The van der Waals surface area contributed by atoms with E-state index in [-0.39, 0.29) is 0 Å². The van der Waals surface area contributed by atoms with Crippen molar-refractivity contribution in [1.82, 2.24) is 0 Å². The Morgan fingerprint density at radius 1 is 1.04 bits per heavy atom. The van der Waals surface area contributed by atoms with Crippen LogP contribution < -0.4 is 9.47 Å². The molecule has 5 rings (SSSR count). The topological polar surface area (TPSA) is 46.2 Å². The van der Waals surface area contributed by atoms with Crippen LogP contribution >= 0.6 is 11.8 Å². The number of hydrogen-bond donors (Lipinski definition) is 0. The quantitative estimate of drug-likeness (QED) is 0.801. The molecule has 0 aliphatic carbocycles. The smallest absolute Gasteiger partial charge is 0.360 e. The van der Waals surface area contributed by atoms with E-state index in [2.05, 4.69) is 12.1 Å². The van der Waals surface area contributed by atoms with Crippen LogP contribution in [0.15, 0.2) is 46.2 Å². The first-order valence-corrected chi connectivity index (χ1v) is 8.22. The Kier molecular flexibility index (Phi) is 2.90. The van der Waals surface area contributed by atoms with Gasteiger partial charge in [-0.3, -0.25) is 0 Å². The van der Waals surface area contributed by atoms with Gasteiger partial charge in [-0.25, -0.2) is 0 Å². The summed E-state index contributed by atoms with van der Waals surface area (Å²) in [5.74, 6) is 0.503. The summed E-state index contributed by atoms with van der Waals surface area (Å²) in [5, 5.41) is 0. The fourth-order valence-corrected chi connectivity index (χ4v) is 4.47. The van der Waals surface area contributed by atoms with Crippen LogP contribution in [0.25, 0.3) is 0 Å². The second kappa shape index (κ2) is 4.88. The molecule has 3 aliphatic rings. The van der Waals surface area contributed by atoms with E-state index in [0.29, 0.717) is 24.7 Å². The molecule has 1 fully saturated rings. The summed E-state index contributed by atoms with van der Waals surface area (Å²) >= 11 is 1.64. The monoisotopic (exact) mass is 330 g/mol. The molecule has 3 heterocycles. The minimum absolute atomic E-state index is 0.563. The van der Waals surface area contributed by atoms with Crippen molar-refractivity contribution in [3.05, 3.63) is 47.5 Å². The van der Waals surface area contributed by atoms with Gasteiger partial charge in [0.15, 0.2) is 11.5 Å². The van der Waals surface area contributed by atoms with Crippen molar-refractivity contribution in [3.8, 4) is 11.5 Å². The summed E-state index contributed by atoms with van der Waals surface area (Å²) in [5.41, 5.74) is 2.00. The molecule has 0 bridgehead atoms. The Hall–Kier alpha value is -1.73. The molecule has 23 heavy (non-hydrogen) atoms. The first-order valence-electron chi connectivity index (χ1n) is 7.41. The molecule has 0 aromatic heterocycles. The Bertz CT molecular complexity index is 785. The Balaban J connectivity index is 1.73. The molecule has 0 radical (unpaired) electrons. The lowest BCUT2D eigenvalue weighted by Gasteiger charge is -2.35. The maximum Gasteiger partial charge on any atom is 0.360 e. The summed E-state index contributed by atoms with van der Waals surface area (Å²) in [6.45, 7) is 0.414. The Morgan fingerprint density at radius 3 is 2.70 bits per heavy atom. The molecule has 0 amide bonds. The highest BCUT2D eigenvalue weighted by Gasteiger charge is 2.48. The van der Waals surface area contributed by atoms with Crippen molar-refractivity contribution in [2.75, 3.05) is 20.3 Å². The highest BCUT2D eigenvalue weighted by Crippen LogP contribution is 2.57. The lowest BCUT2D eigenvalue weighted by molar-refractivity contribution is -0.159. The molecule has 1 saturated heterocycles. The zero-order valence-corrected chi connectivity index (χ0v) is 13.2. The predicted molar refractivity (Wildman–Crippen MR) is 81.7 cm³/mol. The molecule has 118 valence electrons. The first kappa shape index (κ1) is 13.7. The number of rotatable bonds is 1. The molecular formula is C17H14O5S. The average Bonchev–Trinajstić information content (AvgIpc) is 3.22. The van der Waals surface area contributed by atoms with Crippen molar-refractivity contribution in [1.29, 1.82) is 0 Å². The molecule has 2 aromatic carbocycles. The summed E-state index contributed by atoms with van der Waals surface area (Å²) in [4.78, 5) is 2.06. The third-order valence-electron chi connectivity index (χ3n) is 4.21. The van der Waals surface area contributed by atoms with Crippen molar-refractivity contribution in [3.63, 3.8) is 0 Å². The number of methoxy groups -OCH3 is 1. The predicted octanol–water partition coefficient (Wildman–Crippen LogP) is 3.10. The molecule has 1 atom stereocenters. The van der Waals surface area contributed by atoms with Crippen molar-refractivity contribution in [2.45, 2.75) is 22.1 Å². The van der Waals surface area contributed by atoms with Crippen molar-refractivity contribution >= 4 is 11.8 Å². The molecule has 3 aliphatic heterocycles. The number of fused-ring (bicyclic) bond motifs is 6. The molecule has 5 nitrogen and oxygen atoms in total. The first-order chi connectivity index (χ1) is 11.3. The van der Waals surface area contributed by atoms with E-state index in [4.69, 9.17) is 23.7 Å². The molecular weight excluding hydrogens is 316 g/mol. The second-order valence-electron chi connectivity index (χ2n) is 5.44. The molecule has 0 N–H and O–H groups in total. The van der Waals surface area contributed by atoms with Crippen LogP contribution in [-0.2, 0) is 20.0 Å². The molecule has 0 saturated carbocycles.